The number of carbonyl (C=O) groups is 1. The predicted molar refractivity (Wildman–Crippen MR) is 89.8 cm³/mol. The first-order valence-electron chi connectivity index (χ1n) is 7.15. The molecule has 2 heterocycles. The van der Waals surface area contributed by atoms with Crippen molar-refractivity contribution >= 4 is 35.0 Å². The second-order valence-electron chi connectivity index (χ2n) is 5.16. The Hall–Kier alpha value is -1.53. The zero-order chi connectivity index (χ0) is 15.7. The lowest BCUT2D eigenvalue weighted by atomic mass is 10.3. The molecule has 2 atom stereocenters. The van der Waals surface area contributed by atoms with E-state index >= 15 is 0 Å². The van der Waals surface area contributed by atoms with Crippen molar-refractivity contribution in [2.45, 2.75) is 18.6 Å². The summed E-state index contributed by atoms with van der Waals surface area (Å²) in [4.78, 5) is 18.4. The number of hydrogen-bond donors (Lipinski definition) is 0. The molecule has 116 valence electrons. The molecule has 1 saturated carbocycles. The van der Waals surface area contributed by atoms with Crippen LogP contribution in [0.5, 0.6) is 0 Å². The van der Waals surface area contributed by atoms with E-state index in [0.29, 0.717) is 22.6 Å². The summed E-state index contributed by atoms with van der Waals surface area (Å²) < 4.78 is 1.65. The van der Waals surface area contributed by atoms with Gasteiger partial charge in [0.25, 0.3) is 0 Å². The van der Waals surface area contributed by atoms with Crippen molar-refractivity contribution in [1.82, 2.24) is 14.8 Å². The molecule has 0 bridgehead atoms. The van der Waals surface area contributed by atoms with Crippen molar-refractivity contribution in [2.24, 2.45) is 5.92 Å². The normalized spacial score (nSPS) is 20.0. The van der Waals surface area contributed by atoms with Crippen LogP contribution in [0, 0.1) is 5.92 Å². The number of anilines is 1. The lowest BCUT2D eigenvalue weighted by Gasteiger charge is -2.19. The van der Waals surface area contributed by atoms with Gasteiger partial charge in [-0.3, -0.25) is 9.78 Å². The highest BCUT2D eigenvalue weighted by Gasteiger charge is 2.44. The van der Waals surface area contributed by atoms with E-state index < -0.39 is 0 Å². The maximum atomic E-state index is 12.6. The van der Waals surface area contributed by atoms with Crippen molar-refractivity contribution in [3.05, 3.63) is 35.9 Å². The molecule has 1 amide bonds. The second kappa shape index (κ2) is 6.30. The summed E-state index contributed by atoms with van der Waals surface area (Å²) in [6, 6.07) is 3.73. The summed E-state index contributed by atoms with van der Waals surface area (Å²) in [7, 11) is 0. The number of aromatic nitrogens is 3. The lowest BCUT2D eigenvalue weighted by Crippen LogP contribution is -2.32. The molecule has 5 nitrogen and oxygen atoms in total. The van der Waals surface area contributed by atoms with Crippen LogP contribution in [-0.4, -0.2) is 38.7 Å². The number of pyridine rings is 1. The third-order valence-corrected chi connectivity index (χ3v) is 5.18. The molecule has 0 aromatic carbocycles. The van der Waals surface area contributed by atoms with Crippen LogP contribution in [0.15, 0.2) is 30.7 Å². The molecule has 0 saturated heterocycles. The number of carbonyl (C=O) groups excluding carboxylic acids is 1. The van der Waals surface area contributed by atoms with E-state index in [1.165, 1.54) is 0 Å². The molecule has 22 heavy (non-hydrogen) atoms. The summed E-state index contributed by atoms with van der Waals surface area (Å²) in [5.41, 5.74) is 1.47. The van der Waals surface area contributed by atoms with Gasteiger partial charge in [-0.2, -0.15) is 16.9 Å². The predicted octanol–water partition coefficient (Wildman–Crippen LogP) is 3.03. The van der Waals surface area contributed by atoms with E-state index in [2.05, 4.69) is 10.1 Å². The Labute approximate surface area is 138 Å². The van der Waals surface area contributed by atoms with Gasteiger partial charge in [-0.1, -0.05) is 11.6 Å². The topological polar surface area (TPSA) is 51.0 Å². The van der Waals surface area contributed by atoms with Gasteiger partial charge >= 0.3 is 0 Å². The minimum Gasteiger partial charge on any atom is -0.308 e. The van der Waals surface area contributed by atoms with Gasteiger partial charge in [-0.05, 0) is 31.7 Å². The minimum atomic E-state index is 0.104. The Kier molecular flexibility index (Phi) is 4.40. The Morgan fingerprint density at radius 2 is 2.41 bits per heavy atom. The van der Waals surface area contributed by atoms with E-state index in [1.807, 2.05) is 25.3 Å². The summed E-state index contributed by atoms with van der Waals surface area (Å²) in [6.45, 7) is 2.53. The van der Waals surface area contributed by atoms with E-state index in [0.717, 1.165) is 12.1 Å². The monoisotopic (exact) mass is 336 g/mol. The third-order valence-electron chi connectivity index (χ3n) is 3.79. The molecular weight excluding hydrogens is 320 g/mol. The summed E-state index contributed by atoms with van der Waals surface area (Å²) in [5.74, 6) is 0.238. The zero-order valence-electron chi connectivity index (χ0n) is 12.4. The molecule has 0 spiro atoms. The molecule has 0 radical (unpaired) electrons. The highest BCUT2D eigenvalue weighted by molar-refractivity contribution is 7.99. The van der Waals surface area contributed by atoms with Crippen LogP contribution in [0.4, 0.5) is 5.69 Å². The van der Waals surface area contributed by atoms with Crippen LogP contribution in [0.1, 0.15) is 13.3 Å². The van der Waals surface area contributed by atoms with E-state index in [9.17, 15) is 4.79 Å². The van der Waals surface area contributed by atoms with Crippen LogP contribution in [0.2, 0.25) is 5.15 Å². The molecule has 1 unspecified atom stereocenters. The molecule has 2 aromatic rings. The van der Waals surface area contributed by atoms with Gasteiger partial charge in [0.15, 0.2) is 5.15 Å². The number of nitrogens with zero attached hydrogens (tertiary/aromatic N) is 4. The van der Waals surface area contributed by atoms with Crippen molar-refractivity contribution in [1.29, 1.82) is 0 Å². The van der Waals surface area contributed by atoms with Gasteiger partial charge in [0, 0.05) is 18.0 Å². The molecule has 7 heteroatoms. The van der Waals surface area contributed by atoms with Gasteiger partial charge in [-0.15, -0.1) is 0 Å². The first kappa shape index (κ1) is 15.4. The van der Waals surface area contributed by atoms with Crippen LogP contribution >= 0.6 is 23.4 Å². The van der Waals surface area contributed by atoms with E-state index in [-0.39, 0.29) is 11.8 Å². The average molecular weight is 337 g/mol. The van der Waals surface area contributed by atoms with E-state index in [1.54, 1.807) is 39.9 Å². The van der Waals surface area contributed by atoms with Gasteiger partial charge in [0.05, 0.1) is 24.0 Å². The van der Waals surface area contributed by atoms with Crippen LogP contribution in [0.25, 0.3) is 5.69 Å². The van der Waals surface area contributed by atoms with Crippen LogP contribution < -0.4 is 4.90 Å². The molecule has 3 rings (SSSR count). The highest BCUT2D eigenvalue weighted by atomic mass is 35.5. The van der Waals surface area contributed by atoms with Gasteiger partial charge in [0.1, 0.15) is 5.69 Å². The number of halogens is 1. The molecular formula is C15H17ClN4OS. The molecule has 0 N–H and O–H groups in total. The fourth-order valence-electron chi connectivity index (χ4n) is 2.48. The fraction of sp³-hybridized carbons (Fsp3) is 0.400. The zero-order valence-corrected chi connectivity index (χ0v) is 14.0. The fourth-order valence-corrected chi connectivity index (χ4v) is 3.56. The number of hydrogen-bond acceptors (Lipinski definition) is 4. The maximum absolute atomic E-state index is 12.6. The molecule has 1 fully saturated rings. The summed E-state index contributed by atoms with van der Waals surface area (Å²) in [5, 5.41) is 5.07. The molecule has 2 aromatic heterocycles. The molecule has 0 aliphatic heterocycles. The van der Waals surface area contributed by atoms with Gasteiger partial charge in [0.2, 0.25) is 5.91 Å². The highest BCUT2D eigenvalue weighted by Crippen LogP contribution is 2.42. The summed E-state index contributed by atoms with van der Waals surface area (Å²) >= 11 is 8.00. The Morgan fingerprint density at radius 1 is 1.59 bits per heavy atom. The summed E-state index contributed by atoms with van der Waals surface area (Å²) in [6.07, 6.45) is 8.19. The standard InChI is InChI=1S/C15H17ClN4OS/c1-3-19(15(21)11-7-13(11)22-2)12-9-20(18-14(12)16)10-5-4-6-17-8-10/h4-6,8-9,11,13H,3,7H2,1-2H3/t11-,13?/m0/s1. The maximum Gasteiger partial charge on any atom is 0.231 e. The quantitative estimate of drug-likeness (QED) is 0.842. The Morgan fingerprint density at radius 3 is 3.00 bits per heavy atom. The molecule has 1 aliphatic carbocycles. The Balaban J connectivity index is 1.87. The average Bonchev–Trinajstić information content (AvgIpc) is 3.25. The third kappa shape index (κ3) is 2.85. The lowest BCUT2D eigenvalue weighted by molar-refractivity contribution is -0.119. The number of thioether (sulfide) groups is 1. The first-order valence-corrected chi connectivity index (χ1v) is 8.82. The van der Waals surface area contributed by atoms with E-state index in [4.69, 9.17) is 11.6 Å². The SMILES string of the molecule is CCN(C(=O)[C@H]1CC1SC)c1cn(-c2cccnc2)nc1Cl. The van der Waals surface area contributed by atoms with Crippen LogP contribution in [0.3, 0.4) is 0 Å². The van der Waals surface area contributed by atoms with Crippen molar-refractivity contribution in [2.75, 3.05) is 17.7 Å². The number of amides is 1. The van der Waals surface area contributed by atoms with Crippen molar-refractivity contribution in [3.8, 4) is 5.69 Å². The molecule has 1 aliphatic rings. The Bertz CT molecular complexity index is 675. The minimum absolute atomic E-state index is 0.104. The van der Waals surface area contributed by atoms with Gasteiger partial charge in [-0.25, -0.2) is 4.68 Å². The van der Waals surface area contributed by atoms with Gasteiger partial charge < -0.3 is 4.90 Å². The number of rotatable bonds is 5. The smallest absolute Gasteiger partial charge is 0.231 e. The van der Waals surface area contributed by atoms with Crippen LogP contribution in [-0.2, 0) is 4.79 Å². The largest absolute Gasteiger partial charge is 0.308 e. The van der Waals surface area contributed by atoms with Crippen molar-refractivity contribution < 1.29 is 4.79 Å². The van der Waals surface area contributed by atoms with Crippen molar-refractivity contribution in [3.63, 3.8) is 0 Å². The first-order chi connectivity index (χ1) is 10.7. The second-order valence-corrected chi connectivity index (χ2v) is 6.59.